The van der Waals surface area contributed by atoms with Crippen LogP contribution in [-0.4, -0.2) is 10.2 Å². The summed E-state index contributed by atoms with van der Waals surface area (Å²) in [7, 11) is 0. The monoisotopic (exact) mass is 262 g/mol. The summed E-state index contributed by atoms with van der Waals surface area (Å²) in [5.41, 5.74) is 1.19. The molecule has 0 aliphatic carbocycles. The third-order valence-corrected chi connectivity index (χ3v) is 2.79. The predicted octanol–water partition coefficient (Wildman–Crippen LogP) is 3.01. The Balaban J connectivity index is 2.57. The van der Waals surface area contributed by atoms with E-state index in [9.17, 15) is 10.2 Å². The lowest BCUT2D eigenvalue weighted by Crippen LogP contribution is -1.90. The first-order chi connectivity index (χ1) is 9.67. The maximum absolute atomic E-state index is 9.68. The summed E-state index contributed by atoms with van der Waals surface area (Å²) in [6.45, 7) is 0. The molecule has 0 saturated heterocycles. The molecular weight excluding hydrogens is 252 g/mol. The zero-order valence-electron chi connectivity index (χ0n) is 10.4. The van der Waals surface area contributed by atoms with Crippen LogP contribution in [0.3, 0.4) is 0 Å². The van der Waals surface area contributed by atoms with Crippen LogP contribution in [0.2, 0.25) is 0 Å². The number of aromatic hydroxyl groups is 2. The molecule has 2 aromatic carbocycles. The van der Waals surface area contributed by atoms with Crippen molar-refractivity contribution in [3.05, 3.63) is 58.7 Å². The number of phenolic OH excluding ortho intramolecular Hbond substituents is 2. The average molecular weight is 262 g/mol. The number of phenols is 2. The molecule has 0 unspecified atom stereocenters. The van der Waals surface area contributed by atoms with Gasteiger partial charge in [0.25, 0.3) is 0 Å². The van der Waals surface area contributed by atoms with Gasteiger partial charge >= 0.3 is 0 Å². The van der Waals surface area contributed by atoms with E-state index in [1.165, 1.54) is 0 Å². The molecule has 0 heterocycles. The van der Waals surface area contributed by atoms with E-state index in [4.69, 9.17) is 10.5 Å². The van der Waals surface area contributed by atoms with Crippen LogP contribution in [0.25, 0.3) is 12.2 Å². The Morgan fingerprint density at radius 1 is 0.950 bits per heavy atom. The van der Waals surface area contributed by atoms with Crippen LogP contribution in [0.1, 0.15) is 22.3 Å². The fraction of sp³-hybridized carbons (Fsp3) is 0. The van der Waals surface area contributed by atoms with Gasteiger partial charge in [0.2, 0.25) is 0 Å². The Hall–Kier alpha value is -3.24. The van der Waals surface area contributed by atoms with Crippen molar-refractivity contribution in [3.63, 3.8) is 0 Å². The molecule has 96 valence electrons. The molecule has 0 spiro atoms. The zero-order valence-corrected chi connectivity index (χ0v) is 10.4. The normalized spacial score (nSPS) is 10.1. The van der Waals surface area contributed by atoms with E-state index in [0.717, 1.165) is 11.6 Å². The van der Waals surface area contributed by atoms with Gasteiger partial charge < -0.3 is 10.2 Å². The molecule has 0 bridgehead atoms. The molecular formula is C16H10N2O2. The molecule has 2 rings (SSSR count). The molecule has 4 heteroatoms. The van der Waals surface area contributed by atoms with Gasteiger partial charge in [0, 0.05) is 11.6 Å². The number of benzene rings is 2. The van der Waals surface area contributed by atoms with Crippen LogP contribution in [0.5, 0.6) is 11.5 Å². The number of hydrogen-bond acceptors (Lipinski definition) is 4. The molecule has 0 aliphatic heterocycles. The Bertz CT molecular complexity index is 751. The molecule has 4 nitrogen and oxygen atoms in total. The van der Waals surface area contributed by atoms with E-state index in [1.807, 2.05) is 36.4 Å². The Morgan fingerprint density at radius 2 is 1.65 bits per heavy atom. The van der Waals surface area contributed by atoms with Crippen LogP contribution >= 0.6 is 0 Å². The highest BCUT2D eigenvalue weighted by molar-refractivity contribution is 5.79. The summed E-state index contributed by atoms with van der Waals surface area (Å²) in [5.74, 6) is -0.992. The largest absolute Gasteiger partial charge is 0.504 e. The molecule has 2 N–H and O–H groups in total. The lowest BCUT2D eigenvalue weighted by Gasteiger charge is -2.06. The fourth-order valence-electron chi connectivity index (χ4n) is 1.80. The molecule has 0 atom stereocenters. The first-order valence-corrected chi connectivity index (χ1v) is 5.79. The van der Waals surface area contributed by atoms with E-state index in [-0.39, 0.29) is 16.7 Å². The predicted molar refractivity (Wildman–Crippen MR) is 74.6 cm³/mol. The summed E-state index contributed by atoms with van der Waals surface area (Å²) >= 11 is 0. The highest BCUT2D eigenvalue weighted by atomic mass is 16.3. The van der Waals surface area contributed by atoms with E-state index >= 15 is 0 Å². The van der Waals surface area contributed by atoms with E-state index in [0.29, 0.717) is 0 Å². The van der Waals surface area contributed by atoms with Gasteiger partial charge in [-0.15, -0.1) is 0 Å². The standard InChI is InChI=1S/C16H10N2O2/c17-9-12-8-15(19)16(20)14(10-18)13(12)7-6-11-4-2-1-3-5-11/h1-8,19-20H/b7-6+. The van der Waals surface area contributed by atoms with Crippen LogP contribution < -0.4 is 0 Å². The van der Waals surface area contributed by atoms with Crippen molar-refractivity contribution >= 4 is 12.2 Å². The molecule has 0 aromatic heterocycles. The fourth-order valence-corrected chi connectivity index (χ4v) is 1.80. The second kappa shape index (κ2) is 5.60. The third-order valence-electron chi connectivity index (χ3n) is 2.79. The first-order valence-electron chi connectivity index (χ1n) is 5.79. The molecule has 0 radical (unpaired) electrons. The van der Waals surface area contributed by atoms with Gasteiger partial charge in [-0.05, 0) is 5.56 Å². The van der Waals surface area contributed by atoms with Crippen LogP contribution in [-0.2, 0) is 0 Å². The Kier molecular flexibility index (Phi) is 3.70. The first kappa shape index (κ1) is 13.2. The van der Waals surface area contributed by atoms with Crippen molar-refractivity contribution in [1.29, 1.82) is 10.5 Å². The number of nitrogens with zero attached hydrogens (tertiary/aromatic N) is 2. The minimum atomic E-state index is -0.515. The minimum absolute atomic E-state index is 0.117. The highest BCUT2D eigenvalue weighted by Crippen LogP contribution is 2.34. The van der Waals surface area contributed by atoms with Crippen LogP contribution in [0, 0.1) is 22.7 Å². The lowest BCUT2D eigenvalue weighted by atomic mass is 9.99. The molecule has 2 aromatic rings. The van der Waals surface area contributed by atoms with Gasteiger partial charge in [-0.25, -0.2) is 0 Å². The summed E-state index contributed by atoms with van der Waals surface area (Å²) < 4.78 is 0. The van der Waals surface area contributed by atoms with E-state index in [1.54, 1.807) is 18.2 Å². The van der Waals surface area contributed by atoms with Gasteiger partial charge in [-0.3, -0.25) is 0 Å². The summed E-state index contributed by atoms with van der Waals surface area (Å²) in [4.78, 5) is 0. The molecule has 0 amide bonds. The topological polar surface area (TPSA) is 88.0 Å². The number of rotatable bonds is 2. The average Bonchev–Trinajstić information content (AvgIpc) is 2.49. The molecule has 0 fully saturated rings. The van der Waals surface area contributed by atoms with Crippen molar-refractivity contribution in [2.45, 2.75) is 0 Å². The molecule has 0 saturated carbocycles. The van der Waals surface area contributed by atoms with Crippen LogP contribution in [0.4, 0.5) is 0 Å². The van der Waals surface area contributed by atoms with Crippen LogP contribution in [0.15, 0.2) is 36.4 Å². The maximum atomic E-state index is 9.68. The number of hydrogen-bond donors (Lipinski definition) is 2. The van der Waals surface area contributed by atoms with Gasteiger partial charge in [0.05, 0.1) is 11.6 Å². The minimum Gasteiger partial charge on any atom is -0.504 e. The molecule has 20 heavy (non-hydrogen) atoms. The van der Waals surface area contributed by atoms with Gasteiger partial charge in [-0.2, -0.15) is 10.5 Å². The van der Waals surface area contributed by atoms with E-state index in [2.05, 4.69) is 0 Å². The van der Waals surface area contributed by atoms with Crippen molar-refractivity contribution in [1.82, 2.24) is 0 Å². The molecule has 0 aliphatic rings. The van der Waals surface area contributed by atoms with Crippen molar-refractivity contribution < 1.29 is 10.2 Å². The second-order valence-electron chi connectivity index (χ2n) is 4.05. The smallest absolute Gasteiger partial charge is 0.176 e. The van der Waals surface area contributed by atoms with Gasteiger partial charge in [0.1, 0.15) is 11.6 Å². The summed E-state index contributed by atoms with van der Waals surface area (Å²) in [5, 5.41) is 37.3. The SMILES string of the molecule is N#Cc1cc(O)c(O)c(C#N)c1/C=C/c1ccccc1. The van der Waals surface area contributed by atoms with Gasteiger partial charge in [0.15, 0.2) is 11.5 Å². The Labute approximate surface area is 116 Å². The maximum Gasteiger partial charge on any atom is 0.176 e. The van der Waals surface area contributed by atoms with Crippen molar-refractivity contribution in [2.75, 3.05) is 0 Å². The quantitative estimate of drug-likeness (QED) is 0.643. The Morgan fingerprint density at radius 3 is 2.25 bits per heavy atom. The summed E-state index contributed by atoms with van der Waals surface area (Å²) in [6.07, 6.45) is 3.30. The van der Waals surface area contributed by atoms with Crippen molar-refractivity contribution in [3.8, 4) is 23.6 Å². The van der Waals surface area contributed by atoms with Gasteiger partial charge in [-0.1, -0.05) is 42.5 Å². The number of nitriles is 2. The second-order valence-corrected chi connectivity index (χ2v) is 4.05. The van der Waals surface area contributed by atoms with Crippen molar-refractivity contribution in [2.24, 2.45) is 0 Å². The summed E-state index contributed by atoms with van der Waals surface area (Å²) in [6, 6.07) is 14.2. The zero-order chi connectivity index (χ0) is 14.5. The van der Waals surface area contributed by atoms with E-state index < -0.39 is 11.5 Å². The third kappa shape index (κ3) is 2.45. The highest BCUT2D eigenvalue weighted by Gasteiger charge is 2.15. The lowest BCUT2D eigenvalue weighted by molar-refractivity contribution is 0.402.